The molecule has 0 aliphatic rings. The van der Waals surface area contributed by atoms with E-state index < -0.39 is 65.8 Å². The number of halogens is 6. The molecule has 0 aromatic heterocycles. The third-order valence-corrected chi connectivity index (χ3v) is 6.16. The predicted octanol–water partition coefficient (Wildman–Crippen LogP) is 3.00. The van der Waals surface area contributed by atoms with Crippen molar-refractivity contribution in [2.24, 2.45) is 0 Å². The zero-order valence-electron chi connectivity index (χ0n) is 30.4. The third-order valence-electron chi connectivity index (χ3n) is 6.16. The highest BCUT2D eigenvalue weighted by molar-refractivity contribution is 5.90. The Bertz CT molecular complexity index is 1260. The van der Waals surface area contributed by atoms with E-state index in [2.05, 4.69) is 21.3 Å². The summed E-state index contributed by atoms with van der Waals surface area (Å²) in [6.45, 7) is 8.64. The van der Waals surface area contributed by atoms with Gasteiger partial charge in [0, 0.05) is 21.1 Å². The van der Waals surface area contributed by atoms with E-state index in [1.54, 1.807) is 68.8 Å². The van der Waals surface area contributed by atoms with Gasteiger partial charge in [-0.15, -0.1) is 0 Å². The lowest BCUT2D eigenvalue weighted by Crippen LogP contribution is -2.52. The largest absolute Gasteiger partial charge is 0.471 e. The lowest BCUT2D eigenvalue weighted by molar-refractivity contribution is -0.175. The van der Waals surface area contributed by atoms with E-state index in [0.29, 0.717) is 6.42 Å². The first-order chi connectivity index (χ1) is 24.0. The van der Waals surface area contributed by atoms with Gasteiger partial charge in [-0.3, -0.25) is 24.0 Å². The molecule has 0 unspecified atom stereocenters. The van der Waals surface area contributed by atoms with Gasteiger partial charge in [-0.2, -0.15) is 26.3 Å². The average Bonchev–Trinajstić information content (AvgIpc) is 3.06. The summed E-state index contributed by atoms with van der Waals surface area (Å²) in [7, 11) is 4.09. The molecule has 0 saturated carbocycles. The molecule has 1 aromatic carbocycles. The number of hydrogen-bond acceptors (Lipinski definition) is 8. The minimum atomic E-state index is -5.05. The molecule has 6 N–H and O–H groups in total. The molecular formula is C32H50F6N6O8. The summed E-state index contributed by atoms with van der Waals surface area (Å²) < 4.78 is 82.1. The first kappa shape index (κ1) is 49.5. The van der Waals surface area contributed by atoms with E-state index in [1.165, 1.54) is 21.0 Å². The summed E-state index contributed by atoms with van der Waals surface area (Å²) in [6, 6.07) is 5.82. The quantitative estimate of drug-likeness (QED) is 0.156. The van der Waals surface area contributed by atoms with Gasteiger partial charge in [0.1, 0.15) is 23.7 Å². The minimum absolute atomic E-state index is 0.0987. The van der Waals surface area contributed by atoms with Crippen LogP contribution in [0.15, 0.2) is 30.3 Å². The van der Waals surface area contributed by atoms with Crippen LogP contribution in [0.4, 0.5) is 31.1 Å². The molecule has 1 rings (SSSR count). The van der Waals surface area contributed by atoms with E-state index in [1.807, 2.05) is 6.92 Å². The van der Waals surface area contributed by atoms with Crippen molar-refractivity contribution in [3.63, 3.8) is 0 Å². The fourth-order valence-corrected chi connectivity index (χ4v) is 3.53. The standard InChI is InChI=1S/C13H15F3N2O3.C12H24N2O3.C7H11F3N2O2/c1-17-11(19)10(18-12(20)13(14,15)16)8-21-7-9-5-3-2-4-6-9;1-6-7-8-9(10(15)13-5)14-11(16)17-12(2,3)4;1-3-4(5(13)11-2)12-6(14)7(8,9)10/h2-6,10H,7-8H2,1H3,(H,17,19)(H,18,20);9H,6-8H2,1-5H3,(H,13,15)(H,14,16);4H,3H2,1-2H3,(H,11,13)(H,12,14)/t10-;9-;4-/m000/s1. The molecule has 298 valence electrons. The summed E-state index contributed by atoms with van der Waals surface area (Å²) in [6.07, 6.45) is -7.98. The minimum Gasteiger partial charge on any atom is -0.444 e. The molecule has 20 heteroatoms. The highest BCUT2D eigenvalue weighted by Crippen LogP contribution is 2.16. The normalized spacial score (nSPS) is 12.8. The first-order valence-corrected chi connectivity index (χ1v) is 16.0. The van der Waals surface area contributed by atoms with E-state index in [-0.39, 0.29) is 25.5 Å². The molecule has 0 aliphatic heterocycles. The van der Waals surface area contributed by atoms with E-state index in [0.717, 1.165) is 18.4 Å². The lowest BCUT2D eigenvalue weighted by atomic mass is 10.1. The number of amides is 6. The number of alkyl carbamates (subject to hydrolysis) is 1. The zero-order chi connectivity index (χ0) is 40.7. The Morgan fingerprint density at radius 1 is 0.673 bits per heavy atom. The molecule has 52 heavy (non-hydrogen) atoms. The number of benzene rings is 1. The summed E-state index contributed by atoms with van der Waals surface area (Å²) in [4.78, 5) is 66.7. The number of carbonyl (C=O) groups excluding carboxylic acids is 6. The summed E-state index contributed by atoms with van der Waals surface area (Å²) in [5, 5.41) is 12.6. The van der Waals surface area contributed by atoms with Gasteiger partial charge in [0.2, 0.25) is 17.7 Å². The highest BCUT2D eigenvalue weighted by Gasteiger charge is 2.41. The maximum absolute atomic E-state index is 12.2. The van der Waals surface area contributed by atoms with Crippen LogP contribution in [0.2, 0.25) is 0 Å². The van der Waals surface area contributed by atoms with Gasteiger partial charge in [0.25, 0.3) is 0 Å². The van der Waals surface area contributed by atoms with Crippen molar-refractivity contribution in [3.8, 4) is 0 Å². The molecule has 0 heterocycles. The Labute approximate surface area is 298 Å². The van der Waals surface area contributed by atoms with Gasteiger partial charge in [0.15, 0.2) is 0 Å². The van der Waals surface area contributed by atoms with E-state index >= 15 is 0 Å². The maximum atomic E-state index is 12.2. The van der Waals surface area contributed by atoms with Crippen molar-refractivity contribution < 1.29 is 64.6 Å². The van der Waals surface area contributed by atoms with Gasteiger partial charge >= 0.3 is 30.3 Å². The van der Waals surface area contributed by atoms with Crippen LogP contribution in [0.3, 0.4) is 0 Å². The monoisotopic (exact) mass is 760 g/mol. The molecule has 14 nitrogen and oxygen atoms in total. The van der Waals surface area contributed by atoms with Gasteiger partial charge in [-0.1, -0.05) is 57.0 Å². The SMILES string of the molecule is CCCC[C@H](NC(=O)OC(C)(C)C)C(=O)NC.CC[C@H](NC(=O)C(F)(F)F)C(=O)NC.CNC(=O)[C@H](COCc1ccccc1)NC(=O)C(F)(F)F. The summed E-state index contributed by atoms with van der Waals surface area (Å²) >= 11 is 0. The van der Waals surface area contributed by atoms with Crippen LogP contribution < -0.4 is 31.9 Å². The van der Waals surface area contributed by atoms with Gasteiger partial charge in [-0.05, 0) is 39.2 Å². The Kier molecular flexibility index (Phi) is 23.4. The van der Waals surface area contributed by atoms with E-state index in [4.69, 9.17) is 9.47 Å². The van der Waals surface area contributed by atoms with Crippen LogP contribution in [-0.2, 0) is 40.1 Å². The highest BCUT2D eigenvalue weighted by atomic mass is 19.4. The van der Waals surface area contributed by atoms with Crippen LogP contribution >= 0.6 is 0 Å². The topological polar surface area (TPSA) is 193 Å². The fraction of sp³-hybridized carbons (Fsp3) is 0.625. The predicted molar refractivity (Wildman–Crippen MR) is 177 cm³/mol. The molecule has 0 aliphatic carbocycles. The number of hydrogen-bond donors (Lipinski definition) is 6. The summed E-state index contributed by atoms with van der Waals surface area (Å²) in [5.74, 6) is -5.89. The van der Waals surface area contributed by atoms with Crippen LogP contribution in [0, 0.1) is 0 Å². The summed E-state index contributed by atoms with van der Waals surface area (Å²) in [5.41, 5.74) is 0.248. The third kappa shape index (κ3) is 23.0. The number of alkyl halides is 6. The van der Waals surface area contributed by atoms with Gasteiger partial charge in [-0.25, -0.2) is 4.79 Å². The number of likely N-dealkylation sites (N-methyl/N-ethyl adjacent to an activating group) is 3. The molecule has 6 amide bonds. The lowest BCUT2D eigenvalue weighted by Gasteiger charge is -2.22. The van der Waals surface area contributed by atoms with Crippen molar-refractivity contribution in [1.82, 2.24) is 31.9 Å². The van der Waals surface area contributed by atoms with Crippen LogP contribution in [0.25, 0.3) is 0 Å². The molecule has 3 atom stereocenters. The van der Waals surface area contributed by atoms with Crippen molar-refractivity contribution >= 4 is 35.6 Å². The van der Waals surface area contributed by atoms with E-state index in [9.17, 15) is 55.1 Å². The number of carbonyl (C=O) groups is 6. The van der Waals surface area contributed by atoms with Crippen LogP contribution in [0.5, 0.6) is 0 Å². The van der Waals surface area contributed by atoms with Crippen LogP contribution in [-0.4, -0.2) is 99.5 Å². The molecular weight excluding hydrogens is 710 g/mol. The van der Waals surface area contributed by atoms with Crippen molar-refractivity contribution in [2.75, 3.05) is 27.7 Å². The van der Waals surface area contributed by atoms with Gasteiger partial charge in [0.05, 0.1) is 13.2 Å². The van der Waals surface area contributed by atoms with Gasteiger partial charge < -0.3 is 41.4 Å². The Morgan fingerprint density at radius 2 is 1.12 bits per heavy atom. The number of ether oxygens (including phenoxy) is 2. The number of nitrogens with one attached hydrogen (secondary N) is 6. The molecule has 0 spiro atoms. The second-order valence-corrected chi connectivity index (χ2v) is 11.6. The smallest absolute Gasteiger partial charge is 0.444 e. The second-order valence-electron chi connectivity index (χ2n) is 11.6. The average molecular weight is 761 g/mol. The number of unbranched alkanes of at least 4 members (excludes halogenated alkanes) is 1. The van der Waals surface area contributed by atoms with Crippen molar-refractivity contribution in [1.29, 1.82) is 0 Å². The van der Waals surface area contributed by atoms with Crippen molar-refractivity contribution in [3.05, 3.63) is 35.9 Å². The Hall–Kier alpha value is -4.62. The molecule has 1 aromatic rings. The number of rotatable bonds is 14. The van der Waals surface area contributed by atoms with Crippen LogP contribution in [0.1, 0.15) is 65.9 Å². The maximum Gasteiger partial charge on any atom is 0.471 e. The molecule has 0 radical (unpaired) electrons. The Morgan fingerprint density at radius 3 is 1.52 bits per heavy atom. The zero-order valence-corrected chi connectivity index (χ0v) is 30.4. The second kappa shape index (κ2) is 24.5. The molecule has 0 bridgehead atoms. The first-order valence-electron chi connectivity index (χ1n) is 16.0. The molecule has 0 fully saturated rings. The fourth-order valence-electron chi connectivity index (χ4n) is 3.53. The Balaban J connectivity index is 0. The molecule has 0 saturated heterocycles. The van der Waals surface area contributed by atoms with Crippen molar-refractivity contribution in [2.45, 2.75) is 103 Å².